The van der Waals surface area contributed by atoms with Gasteiger partial charge in [-0.15, -0.1) is 0 Å². The SMILES string of the molecule is CN(C(=O)C(C)(C)C(=O)NCc1ccc(F)cc1)C1CCS(=O)(=O)C1. The highest BCUT2D eigenvalue weighted by atomic mass is 32.2. The molecular weight excluding hydrogens is 347 g/mol. The van der Waals surface area contributed by atoms with Gasteiger partial charge in [0.25, 0.3) is 0 Å². The Hall–Kier alpha value is -1.96. The van der Waals surface area contributed by atoms with E-state index in [4.69, 9.17) is 0 Å². The molecule has 0 bridgehead atoms. The molecule has 1 aliphatic rings. The van der Waals surface area contributed by atoms with E-state index >= 15 is 0 Å². The third kappa shape index (κ3) is 4.56. The first kappa shape index (κ1) is 19.4. The summed E-state index contributed by atoms with van der Waals surface area (Å²) in [6.45, 7) is 3.20. The molecule has 25 heavy (non-hydrogen) atoms. The Morgan fingerprint density at radius 3 is 2.40 bits per heavy atom. The summed E-state index contributed by atoms with van der Waals surface area (Å²) < 4.78 is 36.1. The highest BCUT2D eigenvalue weighted by Crippen LogP contribution is 2.24. The average Bonchev–Trinajstić information content (AvgIpc) is 2.92. The largest absolute Gasteiger partial charge is 0.351 e. The van der Waals surface area contributed by atoms with Crippen molar-refractivity contribution in [2.45, 2.75) is 32.9 Å². The van der Waals surface area contributed by atoms with E-state index in [2.05, 4.69) is 5.32 Å². The fourth-order valence-corrected chi connectivity index (χ4v) is 4.56. The second kappa shape index (κ2) is 7.11. The van der Waals surface area contributed by atoms with E-state index in [1.807, 2.05) is 0 Å². The van der Waals surface area contributed by atoms with Crippen LogP contribution in [0.3, 0.4) is 0 Å². The first-order valence-corrected chi connectivity index (χ1v) is 9.85. The summed E-state index contributed by atoms with van der Waals surface area (Å²) in [6, 6.07) is 5.31. The maximum absolute atomic E-state index is 12.9. The predicted molar refractivity (Wildman–Crippen MR) is 91.9 cm³/mol. The molecule has 1 fully saturated rings. The van der Waals surface area contributed by atoms with Crippen molar-refractivity contribution < 1.29 is 22.4 Å². The number of amides is 2. The number of hydrogen-bond acceptors (Lipinski definition) is 4. The van der Waals surface area contributed by atoms with Crippen LogP contribution in [0, 0.1) is 11.2 Å². The first-order chi connectivity index (χ1) is 11.5. The van der Waals surface area contributed by atoms with E-state index in [0.717, 1.165) is 0 Å². The smallest absolute Gasteiger partial charge is 0.237 e. The van der Waals surface area contributed by atoms with E-state index in [9.17, 15) is 22.4 Å². The van der Waals surface area contributed by atoms with E-state index in [0.29, 0.717) is 12.0 Å². The van der Waals surface area contributed by atoms with Crippen LogP contribution in [0.15, 0.2) is 24.3 Å². The first-order valence-electron chi connectivity index (χ1n) is 8.03. The van der Waals surface area contributed by atoms with Crippen molar-refractivity contribution in [2.24, 2.45) is 5.41 Å². The van der Waals surface area contributed by atoms with Crippen molar-refractivity contribution in [3.05, 3.63) is 35.6 Å². The lowest BCUT2D eigenvalue weighted by Gasteiger charge is -2.31. The summed E-state index contributed by atoms with van der Waals surface area (Å²) in [7, 11) is -1.58. The van der Waals surface area contributed by atoms with Crippen LogP contribution >= 0.6 is 0 Å². The van der Waals surface area contributed by atoms with Gasteiger partial charge in [-0.1, -0.05) is 12.1 Å². The minimum Gasteiger partial charge on any atom is -0.351 e. The second-order valence-corrected chi connectivity index (χ2v) is 9.14. The lowest BCUT2D eigenvalue weighted by molar-refractivity contribution is -0.148. The van der Waals surface area contributed by atoms with Gasteiger partial charge in [0.1, 0.15) is 11.2 Å². The fourth-order valence-electron chi connectivity index (χ4n) is 2.79. The lowest BCUT2D eigenvalue weighted by Crippen LogP contribution is -2.51. The van der Waals surface area contributed by atoms with Crippen LogP contribution in [0.25, 0.3) is 0 Å². The van der Waals surface area contributed by atoms with Crippen molar-refractivity contribution in [2.75, 3.05) is 18.6 Å². The predicted octanol–water partition coefficient (Wildman–Crippen LogP) is 1.11. The molecule has 0 saturated carbocycles. The molecule has 2 rings (SSSR count). The lowest BCUT2D eigenvalue weighted by atomic mass is 9.89. The Labute approximate surface area is 147 Å². The van der Waals surface area contributed by atoms with Gasteiger partial charge in [0, 0.05) is 19.6 Å². The molecule has 1 aromatic carbocycles. The van der Waals surface area contributed by atoms with E-state index < -0.39 is 33.1 Å². The highest BCUT2D eigenvalue weighted by molar-refractivity contribution is 7.91. The van der Waals surface area contributed by atoms with Gasteiger partial charge in [-0.2, -0.15) is 0 Å². The molecule has 1 unspecified atom stereocenters. The zero-order valence-electron chi connectivity index (χ0n) is 14.6. The molecule has 1 aliphatic heterocycles. The highest BCUT2D eigenvalue weighted by Gasteiger charge is 2.42. The maximum atomic E-state index is 12.9. The van der Waals surface area contributed by atoms with Crippen LogP contribution in [-0.2, 0) is 26.0 Å². The molecule has 0 spiro atoms. The summed E-state index contributed by atoms with van der Waals surface area (Å²) in [5, 5.41) is 2.67. The molecule has 1 aromatic rings. The molecule has 8 heteroatoms. The normalized spacial score (nSPS) is 19.4. The zero-order valence-corrected chi connectivity index (χ0v) is 15.4. The summed E-state index contributed by atoms with van der Waals surface area (Å²) >= 11 is 0. The van der Waals surface area contributed by atoms with Gasteiger partial charge in [-0.05, 0) is 38.0 Å². The second-order valence-electron chi connectivity index (χ2n) is 6.91. The summed E-state index contributed by atoms with van der Waals surface area (Å²) in [4.78, 5) is 26.5. The molecule has 1 N–H and O–H groups in total. The molecule has 6 nitrogen and oxygen atoms in total. The van der Waals surface area contributed by atoms with Crippen LogP contribution < -0.4 is 5.32 Å². The van der Waals surface area contributed by atoms with E-state index in [1.165, 1.54) is 37.9 Å². The number of halogens is 1. The van der Waals surface area contributed by atoms with E-state index in [-0.39, 0.29) is 23.9 Å². The van der Waals surface area contributed by atoms with Crippen molar-refractivity contribution in [1.82, 2.24) is 10.2 Å². The monoisotopic (exact) mass is 370 g/mol. The number of carbonyl (C=O) groups is 2. The van der Waals surface area contributed by atoms with Gasteiger partial charge >= 0.3 is 0 Å². The molecule has 138 valence electrons. The van der Waals surface area contributed by atoms with Crippen LogP contribution in [0.5, 0.6) is 0 Å². The van der Waals surface area contributed by atoms with Gasteiger partial charge in [0.15, 0.2) is 9.84 Å². The minimum absolute atomic E-state index is 0.0620. The molecule has 0 radical (unpaired) electrons. The summed E-state index contributed by atoms with van der Waals surface area (Å²) in [5.74, 6) is -1.26. The van der Waals surface area contributed by atoms with Gasteiger partial charge in [0.2, 0.25) is 11.8 Å². The molecular formula is C17H23FN2O4S. The summed E-state index contributed by atoms with van der Waals surface area (Å²) in [5.41, 5.74) is -0.616. The topological polar surface area (TPSA) is 83.6 Å². The van der Waals surface area contributed by atoms with Crippen LogP contribution in [0.1, 0.15) is 25.8 Å². The quantitative estimate of drug-likeness (QED) is 0.787. The van der Waals surface area contributed by atoms with Gasteiger partial charge < -0.3 is 10.2 Å². The van der Waals surface area contributed by atoms with E-state index in [1.54, 1.807) is 12.1 Å². The Kier molecular flexibility index (Phi) is 5.51. The number of benzene rings is 1. The molecule has 0 aromatic heterocycles. The maximum Gasteiger partial charge on any atom is 0.237 e. The molecule has 1 heterocycles. The Balaban J connectivity index is 1.99. The standard InChI is InChI=1S/C17H23FN2O4S/c1-17(2,15(21)19-10-12-4-6-13(18)7-5-12)16(22)20(3)14-8-9-25(23,24)11-14/h4-7,14H,8-11H2,1-3H3,(H,19,21). The van der Waals surface area contributed by atoms with Gasteiger partial charge in [0.05, 0.1) is 11.5 Å². The number of rotatable bonds is 5. The van der Waals surface area contributed by atoms with Gasteiger partial charge in [-0.3, -0.25) is 9.59 Å². The van der Waals surface area contributed by atoms with Crippen molar-refractivity contribution in [3.8, 4) is 0 Å². The molecule has 0 aliphatic carbocycles. The van der Waals surface area contributed by atoms with Crippen LogP contribution in [0.2, 0.25) is 0 Å². The minimum atomic E-state index is -3.11. The third-order valence-corrected chi connectivity index (χ3v) is 6.30. The molecule has 1 atom stereocenters. The Morgan fingerprint density at radius 2 is 1.88 bits per heavy atom. The van der Waals surface area contributed by atoms with Crippen molar-refractivity contribution >= 4 is 21.7 Å². The number of sulfone groups is 1. The van der Waals surface area contributed by atoms with Gasteiger partial charge in [-0.25, -0.2) is 12.8 Å². The number of carbonyl (C=O) groups excluding carboxylic acids is 2. The third-order valence-electron chi connectivity index (χ3n) is 4.55. The average molecular weight is 370 g/mol. The molecule has 1 saturated heterocycles. The van der Waals surface area contributed by atoms with Crippen LogP contribution in [0.4, 0.5) is 4.39 Å². The number of nitrogens with one attached hydrogen (secondary N) is 1. The Morgan fingerprint density at radius 1 is 1.28 bits per heavy atom. The fraction of sp³-hybridized carbons (Fsp3) is 0.529. The van der Waals surface area contributed by atoms with Crippen LogP contribution in [-0.4, -0.2) is 49.7 Å². The number of hydrogen-bond donors (Lipinski definition) is 1. The molecule has 2 amide bonds. The van der Waals surface area contributed by atoms with Crippen molar-refractivity contribution in [1.29, 1.82) is 0 Å². The number of nitrogens with zero attached hydrogens (tertiary/aromatic N) is 1. The Bertz CT molecular complexity index is 759. The summed E-state index contributed by atoms with van der Waals surface area (Å²) in [6.07, 6.45) is 0.387. The zero-order chi connectivity index (χ0) is 18.8. The van der Waals surface area contributed by atoms with Crippen molar-refractivity contribution in [3.63, 3.8) is 0 Å².